The second kappa shape index (κ2) is 13.2. The molecule has 1 spiro atoms. The predicted octanol–water partition coefficient (Wildman–Crippen LogP) is 6.56. The number of nitrogens with zero attached hydrogens (tertiary/aromatic N) is 5. The van der Waals surface area contributed by atoms with Crippen molar-refractivity contribution in [3.8, 4) is 23.0 Å². The van der Waals surface area contributed by atoms with E-state index >= 15 is 8.78 Å². The molecule has 2 aliphatic carbocycles. The Bertz CT molecular complexity index is 2060. The zero-order valence-corrected chi connectivity index (χ0v) is 30.7. The van der Waals surface area contributed by atoms with Gasteiger partial charge in [-0.1, -0.05) is 19.4 Å². The zero-order chi connectivity index (χ0) is 36.5. The molecule has 12 heteroatoms. The molecule has 2 N–H and O–H groups in total. The van der Waals surface area contributed by atoms with Gasteiger partial charge in [0.05, 0.1) is 38.4 Å². The van der Waals surface area contributed by atoms with Gasteiger partial charge >= 0.3 is 6.01 Å². The Hall–Kier alpha value is -3.71. The number of benzene rings is 2. The molecule has 282 valence electrons. The van der Waals surface area contributed by atoms with E-state index in [0.717, 1.165) is 58.3 Å². The SMILES string of the molecule is CCc1c(F)ccc2cc(O)cc(-c3ncc4c(N5CCOCC(C)(O)C5)nc(OCC56CCCC5N(C5CCC57CCOC7)CCC6)nc4c3F)c12. The van der Waals surface area contributed by atoms with Crippen LogP contribution in [0.5, 0.6) is 11.8 Å². The lowest BCUT2D eigenvalue weighted by Crippen LogP contribution is -2.63. The molecule has 5 atom stereocenters. The van der Waals surface area contributed by atoms with Gasteiger partial charge in [0, 0.05) is 47.8 Å². The zero-order valence-electron chi connectivity index (χ0n) is 30.7. The van der Waals surface area contributed by atoms with E-state index in [9.17, 15) is 10.2 Å². The van der Waals surface area contributed by atoms with E-state index in [2.05, 4.69) is 9.88 Å². The Morgan fingerprint density at radius 3 is 2.62 bits per heavy atom. The maximum Gasteiger partial charge on any atom is 0.319 e. The molecule has 0 bridgehead atoms. The van der Waals surface area contributed by atoms with Gasteiger partial charge in [-0.2, -0.15) is 9.97 Å². The van der Waals surface area contributed by atoms with Crippen molar-refractivity contribution in [3.05, 3.63) is 47.7 Å². The number of phenolic OH excluding ortho intramolecular Hbond substituents is 1. The molecular weight excluding hydrogens is 680 g/mol. The van der Waals surface area contributed by atoms with Crippen LogP contribution in [0, 0.1) is 22.5 Å². The number of likely N-dealkylation sites (tertiary alicyclic amines) is 1. The van der Waals surface area contributed by atoms with Crippen molar-refractivity contribution in [3.63, 3.8) is 0 Å². The van der Waals surface area contributed by atoms with Gasteiger partial charge in [0.25, 0.3) is 0 Å². The van der Waals surface area contributed by atoms with Gasteiger partial charge in [-0.3, -0.25) is 9.88 Å². The molecular formula is C41H49F2N5O5. The van der Waals surface area contributed by atoms with Crippen molar-refractivity contribution >= 4 is 27.5 Å². The van der Waals surface area contributed by atoms with E-state index in [-0.39, 0.29) is 52.5 Å². The van der Waals surface area contributed by atoms with Gasteiger partial charge in [-0.25, -0.2) is 8.78 Å². The van der Waals surface area contributed by atoms with Crippen molar-refractivity contribution in [1.29, 1.82) is 0 Å². The fourth-order valence-corrected chi connectivity index (χ4v) is 10.5. The van der Waals surface area contributed by atoms with Crippen LogP contribution >= 0.6 is 0 Å². The van der Waals surface area contributed by atoms with Crippen LogP contribution < -0.4 is 9.64 Å². The number of pyridine rings is 1. The van der Waals surface area contributed by atoms with E-state index in [1.54, 1.807) is 19.1 Å². The predicted molar refractivity (Wildman–Crippen MR) is 197 cm³/mol. The van der Waals surface area contributed by atoms with Gasteiger partial charge in [0.1, 0.15) is 34.2 Å². The minimum absolute atomic E-state index is 0.00846. The number of fused-ring (bicyclic) bond motifs is 3. The first-order valence-electron chi connectivity index (χ1n) is 19.4. The van der Waals surface area contributed by atoms with Crippen LogP contribution in [0.3, 0.4) is 0 Å². The average molecular weight is 730 g/mol. The molecule has 2 aromatic carbocycles. The minimum atomic E-state index is -1.17. The molecule has 5 aliphatic rings. The number of ether oxygens (including phenoxy) is 3. The van der Waals surface area contributed by atoms with Gasteiger partial charge < -0.3 is 29.3 Å². The summed E-state index contributed by atoms with van der Waals surface area (Å²) in [6.45, 7) is 7.91. The maximum atomic E-state index is 17.2. The van der Waals surface area contributed by atoms with Crippen molar-refractivity contribution in [2.24, 2.45) is 10.8 Å². The number of phenols is 1. The van der Waals surface area contributed by atoms with Gasteiger partial charge in [-0.05, 0) is 99.4 Å². The first kappa shape index (κ1) is 35.0. The van der Waals surface area contributed by atoms with Crippen LogP contribution in [0.4, 0.5) is 14.6 Å². The molecule has 5 heterocycles. The van der Waals surface area contributed by atoms with Crippen LogP contribution in [-0.2, 0) is 15.9 Å². The third-order valence-electron chi connectivity index (χ3n) is 13.2. The van der Waals surface area contributed by atoms with Crippen molar-refractivity contribution in [2.45, 2.75) is 89.3 Å². The van der Waals surface area contributed by atoms with Crippen molar-refractivity contribution in [2.75, 3.05) is 57.6 Å². The smallest absolute Gasteiger partial charge is 0.319 e. The lowest BCUT2D eigenvalue weighted by molar-refractivity contribution is -0.101. The fourth-order valence-electron chi connectivity index (χ4n) is 10.5. The van der Waals surface area contributed by atoms with E-state index in [4.69, 9.17) is 24.2 Å². The highest BCUT2D eigenvalue weighted by Crippen LogP contribution is 2.56. The van der Waals surface area contributed by atoms with E-state index in [0.29, 0.717) is 65.8 Å². The third-order valence-corrected chi connectivity index (χ3v) is 13.2. The van der Waals surface area contributed by atoms with Crippen molar-refractivity contribution in [1.82, 2.24) is 19.9 Å². The second-order valence-corrected chi connectivity index (χ2v) is 16.6. The van der Waals surface area contributed by atoms with Crippen LogP contribution in [-0.4, -0.2) is 100 Å². The summed E-state index contributed by atoms with van der Waals surface area (Å²) in [6.07, 6.45) is 11.0. The monoisotopic (exact) mass is 729 g/mol. The van der Waals surface area contributed by atoms with E-state index in [1.807, 2.05) is 11.8 Å². The fraction of sp³-hybridized carbons (Fsp3) is 0.585. The Morgan fingerprint density at radius 2 is 1.83 bits per heavy atom. The van der Waals surface area contributed by atoms with E-state index < -0.39 is 17.2 Å². The van der Waals surface area contributed by atoms with Gasteiger partial charge in [0.15, 0.2) is 5.82 Å². The lowest BCUT2D eigenvalue weighted by atomic mass is 9.61. The number of halogens is 2. The summed E-state index contributed by atoms with van der Waals surface area (Å²) >= 11 is 0. The first-order valence-corrected chi connectivity index (χ1v) is 19.4. The Morgan fingerprint density at radius 1 is 0.981 bits per heavy atom. The molecule has 10 nitrogen and oxygen atoms in total. The van der Waals surface area contributed by atoms with Gasteiger partial charge in [-0.15, -0.1) is 0 Å². The second-order valence-electron chi connectivity index (χ2n) is 16.6. The standard InChI is InChI=1S/C41H49F2N5O5/c1-3-27-30(42)8-7-25-18-26(49)19-28(33(25)27)35-34(43)36-29(20-44-35)37(47-15-17-52-22-39(2,50)21-47)46-38(45-36)53-24-40-10-4-6-31(40)48(14-5-11-40)32-9-12-41(32)13-16-51-23-41/h7-8,18-20,31-32,49-50H,3-6,9-17,21-24H2,1-2H3. The highest BCUT2D eigenvalue weighted by Gasteiger charge is 2.57. The van der Waals surface area contributed by atoms with Crippen LogP contribution in [0.1, 0.15) is 70.8 Å². The number of aromatic nitrogens is 3. The molecule has 5 fully saturated rings. The molecule has 2 saturated carbocycles. The number of aliphatic hydroxyl groups is 1. The number of β-amino-alcohol motifs (C(OH)–C–C–N with tert-alkyl or cyclic N) is 1. The third kappa shape index (κ3) is 5.91. The molecule has 53 heavy (non-hydrogen) atoms. The number of aryl methyl sites for hydroxylation is 1. The van der Waals surface area contributed by atoms with Crippen LogP contribution in [0.15, 0.2) is 30.5 Å². The first-order chi connectivity index (χ1) is 25.6. The lowest BCUT2D eigenvalue weighted by Gasteiger charge is -2.58. The maximum absolute atomic E-state index is 17.2. The number of piperidine rings is 1. The molecule has 4 aromatic rings. The van der Waals surface area contributed by atoms with Crippen LogP contribution in [0.2, 0.25) is 0 Å². The molecule has 3 saturated heterocycles. The Labute approximate surface area is 308 Å². The molecule has 9 rings (SSSR count). The summed E-state index contributed by atoms with van der Waals surface area (Å²) in [4.78, 5) is 18.9. The normalized spacial score (nSPS) is 30.5. The molecule has 3 aliphatic heterocycles. The Balaban J connectivity index is 1.12. The highest BCUT2D eigenvalue weighted by molar-refractivity contribution is 6.01. The highest BCUT2D eigenvalue weighted by atomic mass is 19.1. The quantitative estimate of drug-likeness (QED) is 0.217. The average Bonchev–Trinajstić information content (AvgIpc) is 3.78. The van der Waals surface area contributed by atoms with Crippen LogP contribution in [0.25, 0.3) is 32.9 Å². The van der Waals surface area contributed by atoms with Gasteiger partial charge in [0.2, 0.25) is 0 Å². The molecule has 2 aromatic heterocycles. The number of hydrogen-bond donors (Lipinski definition) is 2. The number of hydrogen-bond acceptors (Lipinski definition) is 10. The number of aromatic hydroxyl groups is 1. The summed E-state index contributed by atoms with van der Waals surface area (Å²) in [5.74, 6) is -0.805. The topological polar surface area (TPSA) is 113 Å². The summed E-state index contributed by atoms with van der Waals surface area (Å²) < 4.78 is 50.5. The minimum Gasteiger partial charge on any atom is -0.508 e. The van der Waals surface area contributed by atoms with Crippen molar-refractivity contribution < 1.29 is 33.2 Å². The summed E-state index contributed by atoms with van der Waals surface area (Å²) in [7, 11) is 0. The summed E-state index contributed by atoms with van der Waals surface area (Å²) in [5.41, 5.74) is -0.297. The van der Waals surface area contributed by atoms with E-state index in [1.165, 1.54) is 31.2 Å². The Kier molecular flexibility index (Phi) is 8.75. The molecule has 0 amide bonds. The molecule has 0 radical (unpaired) electrons. The number of rotatable bonds is 7. The largest absolute Gasteiger partial charge is 0.508 e. The summed E-state index contributed by atoms with van der Waals surface area (Å²) in [5, 5.41) is 23.3. The summed E-state index contributed by atoms with van der Waals surface area (Å²) in [6, 6.07) is 6.94. The molecule has 5 unspecified atom stereocenters. The number of anilines is 1.